The van der Waals surface area contributed by atoms with Crippen molar-refractivity contribution < 1.29 is 0 Å². The van der Waals surface area contributed by atoms with E-state index in [2.05, 4.69) is 26.1 Å². The maximum atomic E-state index is 3.48. The Balaban J connectivity index is 2.84. The first-order valence-electron chi connectivity index (χ1n) is 5.98. The van der Waals surface area contributed by atoms with E-state index in [0.717, 1.165) is 5.92 Å². The minimum Gasteiger partial charge on any atom is -0.316 e. The van der Waals surface area contributed by atoms with Gasteiger partial charge in [0, 0.05) is 0 Å². The second kappa shape index (κ2) is 10.0. The van der Waals surface area contributed by atoms with E-state index in [4.69, 9.17) is 0 Å². The highest BCUT2D eigenvalue weighted by atomic mass is 14.8. The molecule has 0 rings (SSSR count). The fourth-order valence-corrected chi connectivity index (χ4v) is 1.42. The van der Waals surface area contributed by atoms with Crippen molar-refractivity contribution in [2.45, 2.75) is 59.3 Å². The molecule has 80 valence electrons. The van der Waals surface area contributed by atoms with E-state index in [0.29, 0.717) is 0 Å². The molecule has 0 aromatic carbocycles. The third-order valence-corrected chi connectivity index (χ3v) is 2.26. The Hall–Kier alpha value is -0.0400. The monoisotopic (exact) mass is 185 g/mol. The molecule has 1 heteroatoms. The van der Waals surface area contributed by atoms with Crippen LogP contribution in [0.3, 0.4) is 0 Å². The molecule has 0 fully saturated rings. The van der Waals surface area contributed by atoms with Crippen molar-refractivity contribution in [3.63, 3.8) is 0 Å². The van der Waals surface area contributed by atoms with Crippen LogP contribution < -0.4 is 5.32 Å². The second-order valence-electron chi connectivity index (χ2n) is 4.37. The van der Waals surface area contributed by atoms with Crippen molar-refractivity contribution in [2.24, 2.45) is 5.92 Å². The van der Waals surface area contributed by atoms with Gasteiger partial charge in [-0.05, 0) is 25.4 Å². The van der Waals surface area contributed by atoms with Crippen LogP contribution in [0.2, 0.25) is 0 Å². The minimum absolute atomic E-state index is 0.792. The van der Waals surface area contributed by atoms with Crippen LogP contribution in [0.1, 0.15) is 59.3 Å². The van der Waals surface area contributed by atoms with Gasteiger partial charge in [-0.15, -0.1) is 0 Å². The summed E-state index contributed by atoms with van der Waals surface area (Å²) in [5.74, 6) is 0.792. The SMILES string of the molecule is CCCCCCCCNCC(C)C. The highest BCUT2D eigenvalue weighted by molar-refractivity contribution is 4.52. The Bertz CT molecular complexity index is 89.1. The molecule has 0 aromatic heterocycles. The Morgan fingerprint density at radius 3 is 2.15 bits per heavy atom. The molecule has 0 bridgehead atoms. The molecule has 1 nitrogen and oxygen atoms in total. The van der Waals surface area contributed by atoms with Gasteiger partial charge in [0.15, 0.2) is 0 Å². The average molecular weight is 185 g/mol. The summed E-state index contributed by atoms with van der Waals surface area (Å²) in [4.78, 5) is 0. The smallest absolute Gasteiger partial charge is 0.00258 e. The minimum atomic E-state index is 0.792. The maximum absolute atomic E-state index is 3.48. The van der Waals surface area contributed by atoms with Gasteiger partial charge in [0.1, 0.15) is 0 Å². The van der Waals surface area contributed by atoms with Crippen LogP contribution in [-0.4, -0.2) is 13.1 Å². The molecule has 0 aliphatic carbocycles. The standard InChI is InChI=1S/C12H27N/c1-4-5-6-7-8-9-10-13-11-12(2)3/h12-13H,4-11H2,1-3H3. The zero-order valence-electron chi connectivity index (χ0n) is 9.73. The van der Waals surface area contributed by atoms with Crippen molar-refractivity contribution in [1.29, 1.82) is 0 Å². The molecule has 0 heterocycles. The molecule has 0 unspecified atom stereocenters. The lowest BCUT2D eigenvalue weighted by Crippen LogP contribution is -2.20. The maximum Gasteiger partial charge on any atom is -0.00258 e. The lowest BCUT2D eigenvalue weighted by Gasteiger charge is -2.06. The van der Waals surface area contributed by atoms with E-state index in [-0.39, 0.29) is 0 Å². The van der Waals surface area contributed by atoms with Gasteiger partial charge < -0.3 is 5.32 Å². The van der Waals surface area contributed by atoms with Gasteiger partial charge in [0.25, 0.3) is 0 Å². The first-order valence-corrected chi connectivity index (χ1v) is 5.98. The molecular formula is C12H27N. The van der Waals surface area contributed by atoms with Crippen molar-refractivity contribution in [3.05, 3.63) is 0 Å². The summed E-state index contributed by atoms with van der Waals surface area (Å²) >= 11 is 0. The number of hydrogen-bond acceptors (Lipinski definition) is 1. The van der Waals surface area contributed by atoms with Gasteiger partial charge in [-0.1, -0.05) is 52.9 Å². The van der Waals surface area contributed by atoms with E-state index in [1.165, 1.54) is 51.6 Å². The van der Waals surface area contributed by atoms with Crippen LogP contribution in [0, 0.1) is 5.92 Å². The first-order chi connectivity index (χ1) is 6.27. The Morgan fingerprint density at radius 1 is 0.923 bits per heavy atom. The summed E-state index contributed by atoms with van der Waals surface area (Å²) in [6.07, 6.45) is 8.39. The van der Waals surface area contributed by atoms with E-state index >= 15 is 0 Å². The number of rotatable bonds is 9. The Morgan fingerprint density at radius 2 is 1.54 bits per heavy atom. The zero-order valence-corrected chi connectivity index (χ0v) is 9.73. The highest BCUT2D eigenvalue weighted by Gasteiger charge is 1.92. The summed E-state index contributed by atoms with van der Waals surface area (Å²) in [5, 5.41) is 3.48. The normalized spacial score (nSPS) is 11.1. The van der Waals surface area contributed by atoms with Crippen molar-refractivity contribution >= 4 is 0 Å². The fraction of sp³-hybridized carbons (Fsp3) is 1.00. The van der Waals surface area contributed by atoms with Crippen LogP contribution in [-0.2, 0) is 0 Å². The molecule has 0 atom stereocenters. The van der Waals surface area contributed by atoms with Crippen LogP contribution in [0.4, 0.5) is 0 Å². The summed E-state index contributed by atoms with van der Waals surface area (Å²) in [6.45, 7) is 9.17. The Labute approximate surface area is 84.3 Å². The van der Waals surface area contributed by atoms with Crippen LogP contribution in [0.15, 0.2) is 0 Å². The highest BCUT2D eigenvalue weighted by Crippen LogP contribution is 2.04. The van der Waals surface area contributed by atoms with Gasteiger partial charge in [-0.3, -0.25) is 0 Å². The summed E-state index contributed by atoms with van der Waals surface area (Å²) in [5.41, 5.74) is 0. The van der Waals surface area contributed by atoms with E-state index in [1.807, 2.05) is 0 Å². The summed E-state index contributed by atoms with van der Waals surface area (Å²) in [7, 11) is 0. The van der Waals surface area contributed by atoms with Gasteiger partial charge in [0.05, 0.1) is 0 Å². The van der Waals surface area contributed by atoms with Crippen LogP contribution >= 0.6 is 0 Å². The topological polar surface area (TPSA) is 12.0 Å². The molecule has 0 amide bonds. The van der Waals surface area contributed by atoms with Gasteiger partial charge >= 0.3 is 0 Å². The molecule has 0 aliphatic heterocycles. The van der Waals surface area contributed by atoms with E-state index in [9.17, 15) is 0 Å². The summed E-state index contributed by atoms with van der Waals surface area (Å²) < 4.78 is 0. The quantitative estimate of drug-likeness (QED) is 0.541. The molecule has 13 heavy (non-hydrogen) atoms. The number of unbranched alkanes of at least 4 members (excludes halogenated alkanes) is 5. The third-order valence-electron chi connectivity index (χ3n) is 2.26. The van der Waals surface area contributed by atoms with Gasteiger partial charge in [0.2, 0.25) is 0 Å². The summed E-state index contributed by atoms with van der Waals surface area (Å²) in [6, 6.07) is 0. The predicted octanol–water partition coefficient (Wildman–Crippen LogP) is 3.59. The molecule has 0 aromatic rings. The molecule has 0 aliphatic rings. The first kappa shape index (κ1) is 13.0. The van der Waals surface area contributed by atoms with E-state index < -0.39 is 0 Å². The molecule has 0 radical (unpaired) electrons. The number of hydrogen-bond donors (Lipinski definition) is 1. The lowest BCUT2D eigenvalue weighted by atomic mass is 10.1. The van der Waals surface area contributed by atoms with Crippen LogP contribution in [0.25, 0.3) is 0 Å². The van der Waals surface area contributed by atoms with Crippen LogP contribution in [0.5, 0.6) is 0 Å². The predicted molar refractivity (Wildman–Crippen MR) is 61.1 cm³/mol. The second-order valence-corrected chi connectivity index (χ2v) is 4.37. The Kier molecular flexibility index (Phi) is 10.0. The zero-order chi connectivity index (χ0) is 9.94. The molecule has 1 N–H and O–H groups in total. The van der Waals surface area contributed by atoms with Gasteiger partial charge in [-0.2, -0.15) is 0 Å². The largest absolute Gasteiger partial charge is 0.316 e. The third kappa shape index (κ3) is 12.0. The van der Waals surface area contributed by atoms with E-state index in [1.54, 1.807) is 0 Å². The fourth-order valence-electron chi connectivity index (χ4n) is 1.42. The van der Waals surface area contributed by atoms with Gasteiger partial charge in [-0.25, -0.2) is 0 Å². The molecule has 0 spiro atoms. The number of nitrogens with one attached hydrogen (secondary N) is 1. The van der Waals surface area contributed by atoms with Crippen molar-refractivity contribution in [3.8, 4) is 0 Å². The van der Waals surface area contributed by atoms with Crippen molar-refractivity contribution in [2.75, 3.05) is 13.1 Å². The molecule has 0 saturated heterocycles. The average Bonchev–Trinajstić information content (AvgIpc) is 2.09. The van der Waals surface area contributed by atoms with Crippen molar-refractivity contribution in [1.82, 2.24) is 5.32 Å². The molecular weight excluding hydrogens is 158 g/mol. The lowest BCUT2D eigenvalue weighted by molar-refractivity contribution is 0.522. The molecule has 0 saturated carbocycles.